The smallest absolute Gasteiger partial charge is 0.135 e. The predicted octanol–water partition coefficient (Wildman–Crippen LogP) is 2.79. The summed E-state index contributed by atoms with van der Waals surface area (Å²) in [6.45, 7) is 0.497. The molecular formula is C22H17N9. The Bertz CT molecular complexity index is 1440. The number of benzene rings is 1. The van der Waals surface area contributed by atoms with Gasteiger partial charge in [-0.1, -0.05) is 12.1 Å². The fourth-order valence-electron chi connectivity index (χ4n) is 3.56. The molecule has 0 amide bonds. The highest BCUT2D eigenvalue weighted by Crippen LogP contribution is 2.37. The molecule has 0 spiro atoms. The monoisotopic (exact) mass is 407 g/mol. The molecule has 0 saturated carbocycles. The summed E-state index contributed by atoms with van der Waals surface area (Å²) >= 11 is 0. The molecule has 2 N–H and O–H groups in total. The van der Waals surface area contributed by atoms with Crippen molar-refractivity contribution in [3.63, 3.8) is 0 Å². The summed E-state index contributed by atoms with van der Waals surface area (Å²) in [5.41, 5.74) is 11.2. The van der Waals surface area contributed by atoms with Crippen LogP contribution in [0.1, 0.15) is 11.3 Å². The SMILES string of the molecule is Cn1ccc(Cn2cc3c(N)nc(-c4cccc(C#N)c4)c(-c4ccncn4)c3n2)n1. The number of aromatic nitrogens is 7. The average Bonchev–Trinajstić information content (AvgIpc) is 3.40. The van der Waals surface area contributed by atoms with Gasteiger partial charge >= 0.3 is 0 Å². The van der Waals surface area contributed by atoms with Crippen molar-refractivity contribution in [2.75, 3.05) is 5.73 Å². The summed E-state index contributed by atoms with van der Waals surface area (Å²) in [5, 5.41) is 19.3. The lowest BCUT2D eigenvalue weighted by atomic mass is 9.99. The molecule has 0 aliphatic rings. The van der Waals surface area contributed by atoms with Gasteiger partial charge in [-0.05, 0) is 24.3 Å². The zero-order valence-corrected chi connectivity index (χ0v) is 16.6. The molecular weight excluding hydrogens is 390 g/mol. The Morgan fingerprint density at radius 1 is 1.16 bits per heavy atom. The third-order valence-electron chi connectivity index (χ3n) is 4.94. The summed E-state index contributed by atoms with van der Waals surface area (Å²) in [4.78, 5) is 13.1. The molecule has 0 fully saturated rings. The van der Waals surface area contributed by atoms with Crippen LogP contribution in [-0.4, -0.2) is 34.5 Å². The Morgan fingerprint density at radius 2 is 2.06 bits per heavy atom. The van der Waals surface area contributed by atoms with E-state index in [9.17, 15) is 5.26 Å². The number of aryl methyl sites for hydroxylation is 1. The van der Waals surface area contributed by atoms with E-state index in [1.54, 1.807) is 27.7 Å². The van der Waals surface area contributed by atoms with Gasteiger partial charge in [-0.25, -0.2) is 15.0 Å². The van der Waals surface area contributed by atoms with Gasteiger partial charge in [-0.2, -0.15) is 15.5 Å². The zero-order valence-electron chi connectivity index (χ0n) is 16.6. The lowest BCUT2D eigenvalue weighted by Crippen LogP contribution is -2.02. The number of nitrogens with zero attached hydrogens (tertiary/aromatic N) is 8. The van der Waals surface area contributed by atoms with Crippen LogP contribution < -0.4 is 5.73 Å². The van der Waals surface area contributed by atoms with Crippen molar-refractivity contribution in [2.45, 2.75) is 6.54 Å². The number of nitriles is 1. The van der Waals surface area contributed by atoms with Crippen LogP contribution >= 0.6 is 0 Å². The van der Waals surface area contributed by atoms with E-state index in [1.165, 1.54) is 6.33 Å². The van der Waals surface area contributed by atoms with Crippen LogP contribution in [0.15, 0.2) is 61.3 Å². The summed E-state index contributed by atoms with van der Waals surface area (Å²) in [6.07, 6.45) is 6.91. The van der Waals surface area contributed by atoms with Crippen molar-refractivity contribution < 1.29 is 0 Å². The van der Waals surface area contributed by atoms with Gasteiger partial charge in [0.15, 0.2) is 0 Å². The highest BCUT2D eigenvalue weighted by atomic mass is 15.3. The molecule has 0 bridgehead atoms. The average molecular weight is 407 g/mol. The third kappa shape index (κ3) is 3.36. The van der Waals surface area contributed by atoms with Gasteiger partial charge in [0.1, 0.15) is 17.7 Å². The largest absolute Gasteiger partial charge is 0.383 e. The first-order valence-corrected chi connectivity index (χ1v) is 9.54. The van der Waals surface area contributed by atoms with E-state index in [2.05, 4.69) is 26.1 Å². The number of hydrogen-bond donors (Lipinski definition) is 1. The van der Waals surface area contributed by atoms with Crippen LogP contribution in [0.25, 0.3) is 33.4 Å². The molecule has 9 heteroatoms. The van der Waals surface area contributed by atoms with Crippen LogP contribution in [0.3, 0.4) is 0 Å². The molecule has 1 aromatic carbocycles. The minimum Gasteiger partial charge on any atom is -0.383 e. The first-order chi connectivity index (χ1) is 15.1. The van der Waals surface area contributed by atoms with Crippen molar-refractivity contribution in [3.05, 3.63) is 72.6 Å². The lowest BCUT2D eigenvalue weighted by molar-refractivity contribution is 0.656. The van der Waals surface area contributed by atoms with Crippen molar-refractivity contribution in [3.8, 4) is 28.6 Å². The molecule has 9 nitrogen and oxygen atoms in total. The standard InChI is InChI=1S/C22H17N9/c1-30-8-6-16(28-30)11-31-12-17-21(29-31)19(18-5-7-25-13-26-18)20(27-22(17)24)15-4-2-3-14(9-15)10-23/h2-9,12-13H,11H2,1H3,(H2,24,27). The maximum Gasteiger partial charge on any atom is 0.135 e. The number of fused-ring (bicyclic) bond motifs is 1. The van der Waals surface area contributed by atoms with E-state index < -0.39 is 0 Å². The van der Waals surface area contributed by atoms with Crippen LogP contribution in [0, 0.1) is 11.3 Å². The summed E-state index contributed by atoms with van der Waals surface area (Å²) in [6, 6.07) is 13.2. The van der Waals surface area contributed by atoms with E-state index >= 15 is 0 Å². The zero-order chi connectivity index (χ0) is 21.4. The fraction of sp³-hybridized carbons (Fsp3) is 0.0909. The van der Waals surface area contributed by atoms with E-state index in [-0.39, 0.29) is 0 Å². The number of rotatable bonds is 4. The van der Waals surface area contributed by atoms with Crippen molar-refractivity contribution in [1.29, 1.82) is 5.26 Å². The van der Waals surface area contributed by atoms with E-state index in [4.69, 9.17) is 10.8 Å². The molecule has 0 aliphatic heterocycles. The van der Waals surface area contributed by atoms with E-state index in [0.717, 1.165) is 22.2 Å². The van der Waals surface area contributed by atoms with Gasteiger partial charge in [-0.15, -0.1) is 0 Å². The quantitative estimate of drug-likeness (QED) is 0.486. The Morgan fingerprint density at radius 3 is 2.81 bits per heavy atom. The van der Waals surface area contributed by atoms with Crippen LogP contribution in [0.2, 0.25) is 0 Å². The third-order valence-corrected chi connectivity index (χ3v) is 4.94. The van der Waals surface area contributed by atoms with Crippen LogP contribution in [0.5, 0.6) is 0 Å². The molecule has 31 heavy (non-hydrogen) atoms. The van der Waals surface area contributed by atoms with Gasteiger partial charge in [0, 0.05) is 31.2 Å². The van der Waals surface area contributed by atoms with Crippen molar-refractivity contribution >= 4 is 16.7 Å². The lowest BCUT2D eigenvalue weighted by Gasteiger charge is -2.11. The number of pyridine rings is 1. The molecule has 4 aromatic heterocycles. The van der Waals surface area contributed by atoms with Gasteiger partial charge in [0.2, 0.25) is 0 Å². The molecule has 0 unspecified atom stereocenters. The molecule has 0 radical (unpaired) electrons. The molecule has 5 rings (SSSR count). The second-order valence-corrected chi connectivity index (χ2v) is 7.08. The number of nitrogen functional groups attached to an aromatic ring is 1. The fourth-order valence-corrected chi connectivity index (χ4v) is 3.56. The Balaban J connectivity index is 1.76. The van der Waals surface area contributed by atoms with Crippen LogP contribution in [0.4, 0.5) is 5.82 Å². The van der Waals surface area contributed by atoms with E-state index in [1.807, 2.05) is 43.7 Å². The number of anilines is 1. The number of nitrogens with two attached hydrogens (primary N) is 1. The molecule has 5 aromatic rings. The predicted molar refractivity (Wildman–Crippen MR) is 115 cm³/mol. The summed E-state index contributed by atoms with van der Waals surface area (Å²) in [5.74, 6) is 0.359. The minimum atomic E-state index is 0.359. The second kappa shape index (κ2) is 7.35. The maximum absolute atomic E-state index is 9.33. The van der Waals surface area contributed by atoms with E-state index in [0.29, 0.717) is 34.8 Å². The summed E-state index contributed by atoms with van der Waals surface area (Å²) < 4.78 is 3.55. The molecule has 4 heterocycles. The summed E-state index contributed by atoms with van der Waals surface area (Å²) in [7, 11) is 1.87. The van der Waals surface area contributed by atoms with Crippen molar-refractivity contribution in [2.24, 2.45) is 7.05 Å². The molecule has 150 valence electrons. The van der Waals surface area contributed by atoms with Gasteiger partial charge < -0.3 is 5.73 Å². The maximum atomic E-state index is 9.33. The highest BCUT2D eigenvalue weighted by Gasteiger charge is 2.20. The minimum absolute atomic E-state index is 0.359. The Labute approximate surface area is 177 Å². The van der Waals surface area contributed by atoms with Gasteiger partial charge in [0.25, 0.3) is 0 Å². The normalized spacial score (nSPS) is 11.0. The Kier molecular flexibility index (Phi) is 4.37. The van der Waals surface area contributed by atoms with Gasteiger partial charge in [0.05, 0.1) is 46.2 Å². The molecule has 0 aliphatic carbocycles. The molecule has 0 saturated heterocycles. The number of hydrogen-bond acceptors (Lipinski definition) is 7. The topological polar surface area (TPSA) is 124 Å². The Hall–Kier alpha value is -4.58. The first kappa shape index (κ1) is 18.4. The first-order valence-electron chi connectivity index (χ1n) is 9.54. The molecule has 0 atom stereocenters. The second-order valence-electron chi connectivity index (χ2n) is 7.08. The van der Waals surface area contributed by atoms with Gasteiger partial charge in [-0.3, -0.25) is 9.36 Å². The van der Waals surface area contributed by atoms with Crippen LogP contribution in [-0.2, 0) is 13.6 Å². The van der Waals surface area contributed by atoms with Crippen molar-refractivity contribution in [1.82, 2.24) is 34.5 Å². The highest BCUT2D eigenvalue weighted by molar-refractivity contribution is 6.03.